The van der Waals surface area contributed by atoms with Gasteiger partial charge in [0.05, 0.1) is 6.04 Å². The average Bonchev–Trinajstić information content (AvgIpc) is 3.16. The van der Waals surface area contributed by atoms with E-state index >= 15 is 0 Å². The van der Waals surface area contributed by atoms with E-state index in [1.54, 1.807) is 4.90 Å². The molecule has 1 N–H and O–H groups in total. The zero-order chi connectivity index (χ0) is 16.4. The van der Waals surface area contributed by atoms with E-state index in [1.165, 1.54) is 0 Å². The molecular formula is C14H16F2N4O2S. The Hall–Kier alpha value is -2.03. The minimum atomic E-state index is -2.69. The number of aryl methyl sites for hydroxylation is 1. The summed E-state index contributed by atoms with van der Waals surface area (Å²) >= 11 is 0.680. The lowest BCUT2D eigenvalue weighted by molar-refractivity contribution is 0.150. The highest BCUT2D eigenvalue weighted by molar-refractivity contribution is 7.15. The van der Waals surface area contributed by atoms with E-state index < -0.39 is 11.4 Å². The van der Waals surface area contributed by atoms with Gasteiger partial charge in [0, 0.05) is 6.54 Å². The molecule has 1 saturated heterocycles. The van der Waals surface area contributed by atoms with Crippen LogP contribution in [0, 0.1) is 6.92 Å². The topological polar surface area (TPSA) is 71.3 Å². The van der Waals surface area contributed by atoms with Crippen molar-refractivity contribution in [2.45, 2.75) is 38.7 Å². The predicted molar refractivity (Wildman–Crippen MR) is 80.6 cm³/mol. The zero-order valence-electron chi connectivity index (χ0n) is 12.5. The molecule has 0 radical (unpaired) electrons. The van der Waals surface area contributed by atoms with Gasteiger partial charge in [-0.3, -0.25) is 5.32 Å². The molecule has 3 heterocycles. The van der Waals surface area contributed by atoms with Gasteiger partial charge < -0.3 is 9.32 Å². The summed E-state index contributed by atoms with van der Waals surface area (Å²) < 4.78 is 30.7. The minimum Gasteiger partial charge on any atom is -0.464 e. The number of urea groups is 1. The van der Waals surface area contributed by atoms with E-state index in [0.717, 1.165) is 30.8 Å². The highest BCUT2D eigenvalue weighted by Crippen LogP contribution is 2.33. The third-order valence-corrected chi connectivity index (χ3v) is 4.54. The molecule has 0 bridgehead atoms. The molecule has 3 rings (SSSR count). The number of likely N-dealkylation sites (tertiary alicyclic amines) is 1. The Morgan fingerprint density at radius 2 is 2.26 bits per heavy atom. The molecular weight excluding hydrogens is 326 g/mol. The third-order valence-electron chi connectivity index (χ3n) is 3.69. The number of hydrogen-bond acceptors (Lipinski definition) is 5. The first kappa shape index (κ1) is 15.9. The lowest BCUT2D eigenvalue weighted by Gasteiger charge is -2.34. The summed E-state index contributed by atoms with van der Waals surface area (Å²) in [6.45, 7) is 2.43. The summed E-state index contributed by atoms with van der Waals surface area (Å²) in [7, 11) is 0. The number of furan rings is 1. The minimum absolute atomic E-state index is 0.0743. The number of hydrogen-bond donors (Lipinski definition) is 1. The molecule has 0 aliphatic carbocycles. The van der Waals surface area contributed by atoms with Crippen molar-refractivity contribution in [2.24, 2.45) is 0 Å². The SMILES string of the molecule is Cc1ccc(C2CCCCN2C(=O)Nc2nnc(C(F)F)s2)o1. The van der Waals surface area contributed by atoms with E-state index in [9.17, 15) is 13.6 Å². The Bertz CT molecular complexity index is 688. The summed E-state index contributed by atoms with van der Waals surface area (Å²) in [5.74, 6) is 1.53. The van der Waals surface area contributed by atoms with Gasteiger partial charge in [0.2, 0.25) is 5.13 Å². The van der Waals surface area contributed by atoms with E-state index in [4.69, 9.17) is 4.42 Å². The van der Waals surface area contributed by atoms with Crippen molar-refractivity contribution in [3.05, 3.63) is 28.7 Å². The quantitative estimate of drug-likeness (QED) is 0.910. The van der Waals surface area contributed by atoms with Gasteiger partial charge in [-0.2, -0.15) is 0 Å². The number of alkyl halides is 2. The second-order valence-electron chi connectivity index (χ2n) is 5.33. The molecule has 9 heteroatoms. The number of halogens is 2. The second-order valence-corrected chi connectivity index (χ2v) is 6.34. The summed E-state index contributed by atoms with van der Waals surface area (Å²) in [6, 6.07) is 3.20. The number of carbonyl (C=O) groups excluding carboxylic acids is 1. The fraction of sp³-hybridized carbons (Fsp3) is 0.500. The van der Waals surface area contributed by atoms with Crippen molar-refractivity contribution in [2.75, 3.05) is 11.9 Å². The highest BCUT2D eigenvalue weighted by atomic mass is 32.1. The van der Waals surface area contributed by atoms with Crippen LogP contribution in [0.4, 0.5) is 18.7 Å². The predicted octanol–water partition coefficient (Wildman–Crippen LogP) is 4.14. The lowest BCUT2D eigenvalue weighted by atomic mass is 10.0. The van der Waals surface area contributed by atoms with E-state index in [1.807, 2.05) is 19.1 Å². The van der Waals surface area contributed by atoms with Gasteiger partial charge in [-0.15, -0.1) is 10.2 Å². The van der Waals surface area contributed by atoms with Crippen LogP contribution in [0.3, 0.4) is 0 Å². The summed E-state index contributed by atoms with van der Waals surface area (Å²) in [5.41, 5.74) is 0. The number of amides is 2. The lowest BCUT2D eigenvalue weighted by Crippen LogP contribution is -2.41. The van der Waals surface area contributed by atoms with Crippen LogP contribution in [0.1, 0.15) is 48.3 Å². The molecule has 1 aliphatic rings. The second kappa shape index (κ2) is 6.61. The van der Waals surface area contributed by atoms with Gasteiger partial charge in [-0.05, 0) is 38.3 Å². The Balaban J connectivity index is 1.73. The maximum atomic E-state index is 12.5. The normalized spacial score (nSPS) is 18.4. The maximum absolute atomic E-state index is 12.5. The molecule has 2 aromatic heterocycles. The number of aromatic nitrogens is 2. The van der Waals surface area contributed by atoms with Crippen molar-refractivity contribution in [3.63, 3.8) is 0 Å². The molecule has 1 atom stereocenters. The molecule has 6 nitrogen and oxygen atoms in total. The zero-order valence-corrected chi connectivity index (χ0v) is 13.3. The molecule has 2 amide bonds. The van der Waals surface area contributed by atoms with Crippen molar-refractivity contribution >= 4 is 22.5 Å². The van der Waals surface area contributed by atoms with Gasteiger partial charge >= 0.3 is 6.03 Å². The molecule has 1 aliphatic heterocycles. The first-order valence-corrected chi connectivity index (χ1v) is 8.12. The van der Waals surface area contributed by atoms with Crippen LogP contribution in [-0.2, 0) is 0 Å². The van der Waals surface area contributed by atoms with Crippen molar-refractivity contribution in [1.82, 2.24) is 15.1 Å². The van der Waals surface area contributed by atoms with Crippen LogP contribution in [-0.4, -0.2) is 27.7 Å². The van der Waals surface area contributed by atoms with Crippen LogP contribution in [0.2, 0.25) is 0 Å². The number of carbonyl (C=O) groups is 1. The molecule has 23 heavy (non-hydrogen) atoms. The maximum Gasteiger partial charge on any atom is 0.324 e. The molecule has 1 unspecified atom stereocenters. The molecule has 0 spiro atoms. The Morgan fingerprint density at radius 3 is 2.91 bits per heavy atom. The number of anilines is 1. The van der Waals surface area contributed by atoms with Gasteiger partial charge in [-0.1, -0.05) is 11.3 Å². The largest absolute Gasteiger partial charge is 0.464 e. The fourth-order valence-corrected chi connectivity index (χ4v) is 3.23. The smallest absolute Gasteiger partial charge is 0.324 e. The van der Waals surface area contributed by atoms with Gasteiger partial charge in [0.1, 0.15) is 11.5 Å². The highest BCUT2D eigenvalue weighted by Gasteiger charge is 2.30. The summed E-state index contributed by atoms with van der Waals surface area (Å²) in [5, 5.41) is 9.16. The van der Waals surface area contributed by atoms with Crippen LogP contribution >= 0.6 is 11.3 Å². The first-order valence-electron chi connectivity index (χ1n) is 7.30. The molecule has 1 fully saturated rings. The van der Waals surface area contributed by atoms with Gasteiger partial charge in [0.25, 0.3) is 6.43 Å². The van der Waals surface area contributed by atoms with Crippen LogP contribution < -0.4 is 5.32 Å². The molecule has 0 saturated carbocycles. The monoisotopic (exact) mass is 342 g/mol. The number of nitrogens with one attached hydrogen (secondary N) is 1. The number of nitrogens with zero attached hydrogens (tertiary/aromatic N) is 3. The van der Waals surface area contributed by atoms with Gasteiger partial charge in [0.15, 0.2) is 5.01 Å². The third kappa shape index (κ3) is 3.49. The van der Waals surface area contributed by atoms with E-state index in [-0.39, 0.29) is 17.2 Å². The Morgan fingerprint density at radius 1 is 1.43 bits per heavy atom. The number of piperidine rings is 1. The van der Waals surface area contributed by atoms with Crippen molar-refractivity contribution in [3.8, 4) is 0 Å². The van der Waals surface area contributed by atoms with E-state index in [0.29, 0.717) is 17.9 Å². The van der Waals surface area contributed by atoms with Crippen LogP contribution in [0.5, 0.6) is 0 Å². The fourth-order valence-electron chi connectivity index (χ4n) is 2.64. The summed E-state index contributed by atoms with van der Waals surface area (Å²) in [6.07, 6.45) is 0.00976. The molecule has 2 aromatic rings. The molecule has 124 valence electrons. The summed E-state index contributed by atoms with van der Waals surface area (Å²) in [4.78, 5) is 14.1. The standard InChI is InChI=1S/C14H16F2N4O2S/c1-8-5-6-10(22-8)9-4-2-3-7-20(9)14(21)17-13-19-18-12(23-13)11(15)16/h5-6,9,11H,2-4,7H2,1H3,(H,17,19,21). The van der Waals surface area contributed by atoms with Gasteiger partial charge in [-0.25, -0.2) is 13.6 Å². The molecule has 0 aromatic carbocycles. The van der Waals surface area contributed by atoms with Crippen LogP contribution in [0.15, 0.2) is 16.5 Å². The van der Waals surface area contributed by atoms with Crippen molar-refractivity contribution in [1.29, 1.82) is 0 Å². The van der Waals surface area contributed by atoms with Crippen molar-refractivity contribution < 1.29 is 18.0 Å². The number of rotatable bonds is 3. The van der Waals surface area contributed by atoms with Crippen LogP contribution in [0.25, 0.3) is 0 Å². The Kier molecular flexibility index (Phi) is 4.56. The Labute approximate surface area is 135 Å². The average molecular weight is 342 g/mol. The first-order chi connectivity index (χ1) is 11.0. The van der Waals surface area contributed by atoms with E-state index in [2.05, 4.69) is 15.5 Å².